The van der Waals surface area contributed by atoms with Crippen molar-refractivity contribution >= 4 is 76.1 Å². The summed E-state index contributed by atoms with van der Waals surface area (Å²) < 4.78 is 161. The number of ether oxygens (including phenoxy) is 3. The van der Waals surface area contributed by atoms with Crippen LogP contribution in [0.2, 0.25) is 24.7 Å². The molecule has 8 aliphatic rings. The summed E-state index contributed by atoms with van der Waals surface area (Å²) in [5, 5.41) is 10.8. The largest absolute Gasteiger partial charge is 1.00 e. The Morgan fingerprint density at radius 2 is 1.19 bits per heavy atom. The number of carbonyl (C=O) groups is 6. The maximum atomic E-state index is 13.6. The van der Waals surface area contributed by atoms with Gasteiger partial charge in [0.15, 0.2) is 0 Å². The predicted molar refractivity (Wildman–Crippen MR) is 307 cm³/mol. The van der Waals surface area contributed by atoms with Gasteiger partial charge in [-0.1, -0.05) is 62.1 Å². The predicted octanol–water partition coefficient (Wildman–Crippen LogP) is 9.93. The van der Waals surface area contributed by atoms with Crippen molar-refractivity contribution in [1.82, 2.24) is 20.0 Å². The molecule has 89 heavy (non-hydrogen) atoms. The van der Waals surface area contributed by atoms with Crippen LogP contribution in [-0.4, -0.2) is 132 Å². The Morgan fingerprint density at radius 3 is 1.53 bits per heavy atom. The number of nitrogens with zero attached hydrogens (tertiary/aromatic N) is 3. The van der Waals surface area contributed by atoms with Crippen molar-refractivity contribution in [2.24, 2.45) is 38.2 Å². The molecule has 33 heteroatoms. The molecule has 1 aromatic carbocycles. The second-order valence-corrected chi connectivity index (χ2v) is 34.7. The fourth-order valence-corrected chi connectivity index (χ4v) is 12.4. The molecule has 18 nitrogen and oxygen atoms in total. The minimum Gasteiger partial charge on any atom is -0.870 e. The number of aliphatic carboxylic acids is 1. The van der Waals surface area contributed by atoms with Gasteiger partial charge in [-0.05, 0) is 111 Å². The number of primary amides is 1. The van der Waals surface area contributed by atoms with Gasteiger partial charge in [-0.25, -0.2) is 40.3 Å². The number of rotatable bonds is 10. The van der Waals surface area contributed by atoms with Crippen LogP contribution in [-0.2, 0) is 56.7 Å². The number of allylic oxidation sites excluding steroid dienone is 1. The van der Waals surface area contributed by atoms with Crippen LogP contribution in [0.5, 0.6) is 0 Å². The van der Waals surface area contributed by atoms with E-state index in [1.807, 2.05) is 13.8 Å². The molecule has 7 aliphatic carbocycles. The summed E-state index contributed by atoms with van der Waals surface area (Å²) in [6.45, 7) is 22.1. The van der Waals surface area contributed by atoms with Crippen LogP contribution in [0, 0.1) is 38.3 Å². The molecule has 1 aliphatic heterocycles. The standard InChI is InChI=1S/C21H21ClF3N5O2.C10H14F2O2.C9H14O2.C8H10F2O2.C3H9ClSi.C3H3F3O4S.2CH4.Na.H2O/c1-19(8-20(9-19)10-21(20,24)25)27-18(32)29-4-5-30-14(7-29)15(17(26)31)16(28-30)11-2-3-13(23)12(22)6-11;1-3-14-7(13)8(2)4-9(5-8)6-10(9,11)12;1-4-11-8(10)9(3)5-7(2)6-9;1-6(5(11)12)2-7(3-6)4-8(7,9)10;1-5(2,3)4;1-10-2(7)3(4,5)11(6,8)9;;;;/h2-3,6H,4-5,7-10H2,1H3,(H2,26,31)(H,27,32);3-6H2,1-2H3;2,4-6H2,1,3H3;2-4H2,1H3,(H,11,12);1-3H3;1H3;2*1H4;;1H2/q;;;;;;;;+1;/p-1. The van der Waals surface area contributed by atoms with Gasteiger partial charge < -0.3 is 40.7 Å². The van der Waals surface area contributed by atoms with E-state index in [9.17, 15) is 80.6 Å². The van der Waals surface area contributed by atoms with Gasteiger partial charge in [0.25, 0.3) is 23.7 Å². The van der Waals surface area contributed by atoms with Gasteiger partial charge in [0, 0.05) is 53.2 Å². The van der Waals surface area contributed by atoms with Crippen molar-refractivity contribution in [3.63, 3.8) is 0 Å². The molecule has 3 spiro atoms. The summed E-state index contributed by atoms with van der Waals surface area (Å²) in [4.78, 5) is 69.7. The van der Waals surface area contributed by atoms with Crippen molar-refractivity contribution in [2.75, 3.05) is 26.9 Å². The zero-order valence-electron chi connectivity index (χ0n) is 50.0. The number of halogens is 12. The summed E-state index contributed by atoms with van der Waals surface area (Å²) >= 11 is 11.5. The topological polar surface area (TPSA) is 274 Å². The van der Waals surface area contributed by atoms with Crippen LogP contribution >= 0.6 is 22.7 Å². The molecular formula is C56H80Cl2F10N5NaO13SSi. The minimum atomic E-state index is -6.22. The Labute approximate surface area is 544 Å². The van der Waals surface area contributed by atoms with E-state index in [2.05, 4.69) is 41.4 Å². The van der Waals surface area contributed by atoms with E-state index >= 15 is 0 Å². The summed E-state index contributed by atoms with van der Waals surface area (Å²) in [6.07, 6.45) is 2.66. The molecule has 0 saturated heterocycles. The number of amides is 3. The Balaban J connectivity index is 0.000000586. The van der Waals surface area contributed by atoms with Gasteiger partial charge in [-0.3, -0.25) is 23.9 Å². The molecule has 0 bridgehead atoms. The monoisotopic (exact) mass is 1370 g/mol. The molecule has 5 N–H and O–H groups in total. The number of carboxylic acids is 1. The number of fused-ring (bicyclic) bond motifs is 1. The third-order valence-corrected chi connectivity index (χ3v) is 17.3. The number of carbonyl (C=O) groups excluding carboxylic acids is 5. The van der Waals surface area contributed by atoms with E-state index in [-0.39, 0.29) is 154 Å². The van der Waals surface area contributed by atoms with E-state index < -0.39 is 96.9 Å². The molecule has 0 radical (unpaired) electrons. The van der Waals surface area contributed by atoms with Gasteiger partial charge in [0.1, 0.15) is 18.9 Å². The summed E-state index contributed by atoms with van der Waals surface area (Å²) in [6, 6.07) is 3.60. The maximum absolute atomic E-state index is 13.6. The fraction of sp³-hybridized carbons (Fsp3) is 0.696. The number of hydrogen-bond acceptors (Lipinski definition) is 13. The zero-order valence-corrected chi connectivity index (χ0v) is 55.3. The number of carboxylic acid groups (broad SMARTS) is 1. The van der Waals surface area contributed by atoms with Crippen LogP contribution in [0.4, 0.5) is 48.2 Å². The molecule has 0 unspecified atom stereocenters. The van der Waals surface area contributed by atoms with E-state index in [0.29, 0.717) is 44.7 Å². The van der Waals surface area contributed by atoms with E-state index in [4.69, 9.17) is 43.0 Å². The van der Waals surface area contributed by atoms with Crippen molar-refractivity contribution in [3.8, 4) is 11.3 Å². The molecule has 10 rings (SSSR count). The van der Waals surface area contributed by atoms with Gasteiger partial charge in [0.2, 0.25) is 0 Å². The van der Waals surface area contributed by atoms with Crippen molar-refractivity contribution < 1.29 is 135 Å². The smallest absolute Gasteiger partial charge is 0.870 e. The molecule has 2 heterocycles. The Kier molecular flexibility index (Phi) is 26.2. The van der Waals surface area contributed by atoms with E-state index in [1.54, 1.807) is 25.5 Å². The van der Waals surface area contributed by atoms with Crippen LogP contribution in [0.3, 0.4) is 0 Å². The van der Waals surface area contributed by atoms with Crippen LogP contribution in [0.25, 0.3) is 11.3 Å². The number of alkyl halides is 8. The average molecular weight is 1380 g/mol. The summed E-state index contributed by atoms with van der Waals surface area (Å²) in [7, 11) is -6.85. The number of esters is 3. The second kappa shape index (κ2) is 28.2. The Bertz CT molecular complexity index is 3090. The van der Waals surface area contributed by atoms with Gasteiger partial charge >= 0.3 is 74.9 Å². The number of hydrogen-bond donors (Lipinski definition) is 3. The van der Waals surface area contributed by atoms with Gasteiger partial charge in [-0.2, -0.15) is 33.4 Å². The third-order valence-electron chi connectivity index (χ3n) is 16.2. The Morgan fingerprint density at radius 1 is 0.787 bits per heavy atom. The zero-order chi connectivity index (χ0) is 65.1. The Hall–Kier alpha value is -4.20. The van der Waals surface area contributed by atoms with Gasteiger partial charge in [0.05, 0.1) is 65.9 Å². The van der Waals surface area contributed by atoms with Crippen molar-refractivity contribution in [1.29, 1.82) is 0 Å². The van der Waals surface area contributed by atoms with Crippen molar-refractivity contribution in [3.05, 3.63) is 52.4 Å². The first-order valence-corrected chi connectivity index (χ1v) is 33.1. The van der Waals surface area contributed by atoms with Crippen LogP contribution in [0.15, 0.2) is 30.4 Å². The van der Waals surface area contributed by atoms with E-state index in [1.165, 1.54) is 30.0 Å². The molecule has 7 fully saturated rings. The average Bonchev–Trinajstić information content (AvgIpc) is 1.55. The normalized spacial score (nSPS) is 28.1. The first kappa shape index (κ1) is 82.8. The summed E-state index contributed by atoms with van der Waals surface area (Å²) in [5.74, 6) is -12.9. The summed E-state index contributed by atoms with van der Waals surface area (Å²) in [5.41, 5.74) is 2.83. The molecule has 502 valence electrons. The molecule has 0 atom stereocenters. The van der Waals surface area contributed by atoms with Crippen LogP contribution in [0.1, 0.15) is 143 Å². The maximum Gasteiger partial charge on any atom is 1.00 e. The SMILES string of the molecule is C.C.C=C1CC(C)(C(=O)OCC)C1.CC1(C(=O)O)CC2(C1)CC2(F)F.CC1(NC(=O)N2CCn3nc(-c4ccc(F)c(Cl)c4)c(C(N)=O)c3C2)CC2(C1)CC2(F)F.CCOC(=O)C1(C)CC2(C1)CC2(F)F.COC(=O)C(F)(F)S(=O)(=O)F.C[Si](C)(C)Cl.[Na+].[OH-]. The molecule has 2 aromatic rings. The molecular weight excluding hydrogens is 1290 g/mol. The van der Waals surface area contributed by atoms with Gasteiger partial charge in [-0.15, -0.1) is 0 Å². The molecule has 3 amide bonds. The number of urea groups is 1. The van der Waals surface area contributed by atoms with Crippen molar-refractivity contribution in [2.45, 2.75) is 188 Å². The number of benzene rings is 1. The number of nitrogens with one attached hydrogen (secondary N) is 1. The van der Waals surface area contributed by atoms with E-state index in [0.717, 1.165) is 18.4 Å². The number of nitrogens with two attached hydrogens (primary N) is 1. The second-order valence-electron chi connectivity index (χ2n) is 25.4. The first-order valence-electron chi connectivity index (χ1n) is 26.8. The molecule has 7 saturated carbocycles. The number of aromatic nitrogens is 2. The van der Waals surface area contributed by atoms with Crippen LogP contribution < -0.4 is 40.6 Å². The third kappa shape index (κ3) is 17.9. The quantitative estimate of drug-likeness (QED) is 0.0380. The molecule has 1 aromatic heterocycles. The first-order chi connectivity index (χ1) is 38.4. The minimum absolute atomic E-state index is 0. The number of methoxy groups -OCH3 is 1. The fourth-order valence-electron chi connectivity index (χ4n) is 12.0.